The first-order valence-corrected chi connectivity index (χ1v) is 6.35. The van der Waals surface area contributed by atoms with E-state index in [1.165, 1.54) is 5.56 Å². The molecule has 0 radical (unpaired) electrons. The molecule has 1 aliphatic carbocycles. The largest absolute Gasteiger partial charge is 0.388 e. The number of hydrogen-bond acceptors (Lipinski definition) is 1. The fourth-order valence-electron chi connectivity index (χ4n) is 2.12. The smallest absolute Gasteiger partial charge is 0.0804 e. The molecule has 1 aliphatic rings. The van der Waals surface area contributed by atoms with Crippen LogP contribution in [0.2, 0.25) is 0 Å². The number of benzene rings is 1. The Kier molecular flexibility index (Phi) is 3.01. The van der Waals surface area contributed by atoms with E-state index in [0.29, 0.717) is 5.92 Å². The lowest BCUT2D eigenvalue weighted by Crippen LogP contribution is -2.13. The summed E-state index contributed by atoms with van der Waals surface area (Å²) in [4.78, 5) is 0. The van der Waals surface area contributed by atoms with Gasteiger partial charge in [-0.05, 0) is 42.0 Å². The van der Waals surface area contributed by atoms with E-state index in [9.17, 15) is 5.11 Å². The summed E-state index contributed by atoms with van der Waals surface area (Å²) >= 11 is 7.06. The number of aliphatic hydroxyl groups is 1. The van der Waals surface area contributed by atoms with Crippen LogP contribution >= 0.6 is 31.9 Å². The monoisotopic (exact) mass is 318 g/mol. The molecular formula is C11H12Br2O. The highest BCUT2D eigenvalue weighted by Crippen LogP contribution is 2.44. The highest BCUT2D eigenvalue weighted by molar-refractivity contribution is 9.11. The Morgan fingerprint density at radius 3 is 2.29 bits per heavy atom. The van der Waals surface area contributed by atoms with Crippen LogP contribution < -0.4 is 0 Å². The average Bonchev–Trinajstić information content (AvgIpc) is 2.16. The third-order valence-electron chi connectivity index (χ3n) is 2.88. The highest BCUT2D eigenvalue weighted by atomic mass is 79.9. The second-order valence-corrected chi connectivity index (χ2v) is 5.56. The zero-order chi connectivity index (χ0) is 10.3. The number of halogens is 2. The molecule has 0 aliphatic heterocycles. The standard InChI is InChI=1S/C11H12Br2O/c1-6-2-5-9(14)11-8(13)4-3-7(12)10(6)11/h3-4,6,9,14H,2,5H2,1H3/t6?,9-/m0/s1. The fraction of sp³-hybridized carbons (Fsp3) is 0.455. The van der Waals surface area contributed by atoms with Crippen LogP contribution in [0.4, 0.5) is 0 Å². The molecule has 1 unspecified atom stereocenters. The lowest BCUT2D eigenvalue weighted by Gasteiger charge is -2.28. The fourth-order valence-corrected chi connectivity index (χ4v) is 3.47. The molecular weight excluding hydrogens is 308 g/mol. The molecule has 0 saturated carbocycles. The molecule has 76 valence electrons. The Morgan fingerprint density at radius 1 is 1.14 bits per heavy atom. The number of fused-ring (bicyclic) bond motifs is 1. The first kappa shape index (κ1) is 10.7. The molecule has 3 heteroatoms. The van der Waals surface area contributed by atoms with Gasteiger partial charge in [-0.15, -0.1) is 0 Å². The third kappa shape index (κ3) is 1.66. The van der Waals surface area contributed by atoms with Gasteiger partial charge in [0.05, 0.1) is 6.10 Å². The minimum atomic E-state index is -0.312. The number of aliphatic hydroxyl groups excluding tert-OH is 1. The molecule has 1 aromatic carbocycles. The molecule has 2 atom stereocenters. The molecule has 0 heterocycles. The van der Waals surface area contributed by atoms with Crippen molar-refractivity contribution in [2.24, 2.45) is 0 Å². The minimum Gasteiger partial charge on any atom is -0.388 e. The van der Waals surface area contributed by atoms with E-state index in [0.717, 1.165) is 27.4 Å². The van der Waals surface area contributed by atoms with E-state index >= 15 is 0 Å². The summed E-state index contributed by atoms with van der Waals surface area (Å²) in [5, 5.41) is 9.93. The normalized spacial score (nSPS) is 26.0. The van der Waals surface area contributed by atoms with Crippen LogP contribution in [0.15, 0.2) is 21.1 Å². The van der Waals surface area contributed by atoms with E-state index in [-0.39, 0.29) is 6.10 Å². The van der Waals surface area contributed by atoms with Crippen molar-refractivity contribution in [1.29, 1.82) is 0 Å². The van der Waals surface area contributed by atoms with Gasteiger partial charge in [-0.3, -0.25) is 0 Å². The molecule has 0 saturated heterocycles. The Balaban J connectivity index is 2.65. The summed E-state index contributed by atoms with van der Waals surface area (Å²) in [6.45, 7) is 2.21. The zero-order valence-electron chi connectivity index (χ0n) is 7.93. The molecule has 2 rings (SSSR count). The molecule has 0 spiro atoms. The van der Waals surface area contributed by atoms with Crippen molar-refractivity contribution in [3.63, 3.8) is 0 Å². The summed E-state index contributed by atoms with van der Waals surface area (Å²) in [6, 6.07) is 4.03. The van der Waals surface area contributed by atoms with Gasteiger partial charge in [0.25, 0.3) is 0 Å². The molecule has 0 fully saturated rings. The first-order valence-electron chi connectivity index (χ1n) is 4.77. The zero-order valence-corrected chi connectivity index (χ0v) is 11.1. The SMILES string of the molecule is CC1CC[C@H](O)c2c(Br)ccc(Br)c21. The maximum absolute atomic E-state index is 9.93. The van der Waals surface area contributed by atoms with E-state index in [4.69, 9.17) is 0 Å². The Bertz CT molecular complexity index is 328. The predicted molar refractivity (Wildman–Crippen MR) is 64.5 cm³/mol. The van der Waals surface area contributed by atoms with E-state index in [2.05, 4.69) is 38.8 Å². The van der Waals surface area contributed by atoms with Gasteiger partial charge < -0.3 is 5.11 Å². The summed E-state index contributed by atoms with van der Waals surface area (Å²) < 4.78 is 2.14. The summed E-state index contributed by atoms with van der Waals surface area (Å²) in [7, 11) is 0. The molecule has 0 aromatic heterocycles. The molecule has 1 aromatic rings. The lowest BCUT2D eigenvalue weighted by atomic mass is 9.82. The van der Waals surface area contributed by atoms with Crippen molar-refractivity contribution in [3.8, 4) is 0 Å². The quantitative estimate of drug-likeness (QED) is 0.762. The van der Waals surface area contributed by atoms with Crippen LogP contribution in [-0.4, -0.2) is 5.11 Å². The van der Waals surface area contributed by atoms with Gasteiger partial charge in [0.2, 0.25) is 0 Å². The summed E-state index contributed by atoms with van der Waals surface area (Å²) in [6.07, 6.45) is 1.61. The van der Waals surface area contributed by atoms with Crippen molar-refractivity contribution < 1.29 is 5.11 Å². The minimum absolute atomic E-state index is 0.312. The van der Waals surface area contributed by atoms with Gasteiger partial charge in [0, 0.05) is 8.95 Å². The molecule has 14 heavy (non-hydrogen) atoms. The lowest BCUT2D eigenvalue weighted by molar-refractivity contribution is 0.150. The average molecular weight is 320 g/mol. The van der Waals surface area contributed by atoms with Gasteiger partial charge in [-0.2, -0.15) is 0 Å². The van der Waals surface area contributed by atoms with Crippen LogP contribution in [0, 0.1) is 0 Å². The van der Waals surface area contributed by atoms with Crippen molar-refractivity contribution in [1.82, 2.24) is 0 Å². The molecule has 0 bridgehead atoms. The maximum Gasteiger partial charge on any atom is 0.0804 e. The van der Waals surface area contributed by atoms with Gasteiger partial charge in [0.15, 0.2) is 0 Å². The molecule has 1 N–H and O–H groups in total. The van der Waals surface area contributed by atoms with Crippen LogP contribution in [-0.2, 0) is 0 Å². The predicted octanol–water partition coefficient (Wildman–Crippen LogP) is 4.14. The van der Waals surface area contributed by atoms with Crippen LogP contribution in [0.5, 0.6) is 0 Å². The highest BCUT2D eigenvalue weighted by Gasteiger charge is 2.26. The van der Waals surface area contributed by atoms with E-state index in [1.807, 2.05) is 12.1 Å². The van der Waals surface area contributed by atoms with E-state index < -0.39 is 0 Å². The van der Waals surface area contributed by atoms with Crippen LogP contribution in [0.1, 0.15) is 42.9 Å². The van der Waals surface area contributed by atoms with Gasteiger partial charge >= 0.3 is 0 Å². The van der Waals surface area contributed by atoms with Gasteiger partial charge in [0.1, 0.15) is 0 Å². The topological polar surface area (TPSA) is 20.2 Å². The number of hydrogen-bond donors (Lipinski definition) is 1. The third-order valence-corrected chi connectivity index (χ3v) is 4.26. The number of rotatable bonds is 0. The Hall–Kier alpha value is 0.140. The Morgan fingerprint density at radius 2 is 1.71 bits per heavy atom. The molecule has 0 amide bonds. The van der Waals surface area contributed by atoms with E-state index in [1.54, 1.807) is 0 Å². The van der Waals surface area contributed by atoms with Crippen molar-refractivity contribution in [2.75, 3.05) is 0 Å². The summed E-state index contributed by atoms with van der Waals surface area (Å²) in [5.74, 6) is 0.528. The van der Waals surface area contributed by atoms with Crippen molar-refractivity contribution >= 4 is 31.9 Å². The second kappa shape index (κ2) is 3.95. The second-order valence-electron chi connectivity index (χ2n) is 3.85. The maximum atomic E-state index is 9.93. The van der Waals surface area contributed by atoms with Gasteiger partial charge in [-0.1, -0.05) is 38.8 Å². The van der Waals surface area contributed by atoms with Gasteiger partial charge in [-0.25, -0.2) is 0 Å². The molecule has 1 nitrogen and oxygen atoms in total. The van der Waals surface area contributed by atoms with Crippen molar-refractivity contribution in [2.45, 2.75) is 31.8 Å². The van der Waals surface area contributed by atoms with Crippen LogP contribution in [0.3, 0.4) is 0 Å². The van der Waals surface area contributed by atoms with Crippen molar-refractivity contribution in [3.05, 3.63) is 32.2 Å². The first-order chi connectivity index (χ1) is 6.61. The van der Waals surface area contributed by atoms with Crippen LogP contribution in [0.25, 0.3) is 0 Å². The summed E-state index contributed by atoms with van der Waals surface area (Å²) in [5.41, 5.74) is 2.33. The Labute approximate surface area is 101 Å².